The highest BCUT2D eigenvalue weighted by Gasteiger charge is 2.30. The van der Waals surface area contributed by atoms with E-state index >= 15 is 0 Å². The lowest BCUT2D eigenvalue weighted by Gasteiger charge is -2.25. The van der Waals surface area contributed by atoms with Crippen LogP contribution in [-0.2, 0) is 9.59 Å². The number of carbonyl (C=O) groups is 2. The monoisotopic (exact) mass is 276 g/mol. The Morgan fingerprint density at radius 3 is 2.30 bits per heavy atom. The maximum atomic E-state index is 12.1. The molecule has 5 nitrogen and oxygen atoms in total. The Morgan fingerprint density at radius 2 is 1.80 bits per heavy atom. The molecule has 0 heterocycles. The summed E-state index contributed by atoms with van der Waals surface area (Å²) in [6.45, 7) is 1.90. The summed E-state index contributed by atoms with van der Waals surface area (Å²) in [5, 5.41) is 9.01. The van der Waals surface area contributed by atoms with E-state index in [4.69, 9.17) is 5.11 Å². The molecule has 20 heavy (non-hydrogen) atoms. The lowest BCUT2D eigenvalue weighted by atomic mass is 10.2. The Hall–Kier alpha value is -2.04. The van der Waals surface area contributed by atoms with E-state index in [2.05, 4.69) is 0 Å². The maximum absolute atomic E-state index is 12.1. The first-order chi connectivity index (χ1) is 9.47. The Morgan fingerprint density at radius 1 is 1.20 bits per heavy atom. The molecule has 1 amide bonds. The summed E-state index contributed by atoms with van der Waals surface area (Å²) < 4.78 is 0. The van der Waals surface area contributed by atoms with Crippen molar-refractivity contribution >= 4 is 17.6 Å². The van der Waals surface area contributed by atoms with Crippen LogP contribution in [0.25, 0.3) is 0 Å². The number of aryl methyl sites for hydroxylation is 1. The standard InChI is InChI=1S/C15H20N2O3/c1-11-3-5-13(6-4-11)17(10-15(19)20)9-14(18)16(2)12-7-8-12/h3-6,12H,7-10H2,1-2H3,(H,19,20). The van der Waals surface area contributed by atoms with Crippen LogP contribution >= 0.6 is 0 Å². The minimum Gasteiger partial charge on any atom is -0.480 e. The second-order valence-electron chi connectivity index (χ2n) is 5.32. The molecule has 5 heteroatoms. The van der Waals surface area contributed by atoms with E-state index in [9.17, 15) is 9.59 Å². The van der Waals surface area contributed by atoms with Crippen LogP contribution in [0.3, 0.4) is 0 Å². The molecule has 1 fully saturated rings. The fourth-order valence-corrected chi connectivity index (χ4v) is 2.10. The van der Waals surface area contributed by atoms with E-state index in [-0.39, 0.29) is 19.0 Å². The van der Waals surface area contributed by atoms with Gasteiger partial charge in [-0.2, -0.15) is 0 Å². The summed E-state index contributed by atoms with van der Waals surface area (Å²) in [6.07, 6.45) is 2.09. The van der Waals surface area contributed by atoms with E-state index in [1.165, 1.54) is 0 Å². The molecule has 1 aromatic rings. The third-order valence-electron chi connectivity index (χ3n) is 3.54. The van der Waals surface area contributed by atoms with Gasteiger partial charge in [0.15, 0.2) is 0 Å². The number of carbonyl (C=O) groups excluding carboxylic acids is 1. The highest BCUT2D eigenvalue weighted by atomic mass is 16.4. The van der Waals surface area contributed by atoms with Gasteiger partial charge in [0.2, 0.25) is 5.91 Å². The van der Waals surface area contributed by atoms with Crippen molar-refractivity contribution in [3.05, 3.63) is 29.8 Å². The zero-order valence-corrected chi connectivity index (χ0v) is 11.9. The van der Waals surface area contributed by atoms with Crippen LogP contribution in [0.15, 0.2) is 24.3 Å². The molecule has 1 aromatic carbocycles. The van der Waals surface area contributed by atoms with Gasteiger partial charge in [-0.15, -0.1) is 0 Å². The average Bonchev–Trinajstić information content (AvgIpc) is 3.21. The van der Waals surface area contributed by atoms with Crippen LogP contribution in [0.2, 0.25) is 0 Å². The van der Waals surface area contributed by atoms with Crippen LogP contribution in [-0.4, -0.2) is 48.1 Å². The largest absolute Gasteiger partial charge is 0.480 e. The summed E-state index contributed by atoms with van der Waals surface area (Å²) in [5.74, 6) is -0.971. The van der Waals surface area contributed by atoms with Crippen molar-refractivity contribution in [2.75, 3.05) is 25.0 Å². The molecule has 0 bridgehead atoms. The van der Waals surface area contributed by atoms with Gasteiger partial charge in [0.05, 0.1) is 6.54 Å². The van der Waals surface area contributed by atoms with Crippen LogP contribution in [0.4, 0.5) is 5.69 Å². The molecule has 0 radical (unpaired) electrons. The Balaban J connectivity index is 2.08. The maximum Gasteiger partial charge on any atom is 0.323 e. The SMILES string of the molecule is Cc1ccc(N(CC(=O)O)CC(=O)N(C)C2CC2)cc1. The van der Waals surface area contributed by atoms with E-state index in [1.54, 1.807) is 16.8 Å². The average molecular weight is 276 g/mol. The molecule has 0 aliphatic heterocycles. The van der Waals surface area contributed by atoms with Crippen molar-refractivity contribution in [2.24, 2.45) is 0 Å². The van der Waals surface area contributed by atoms with Gasteiger partial charge in [0.25, 0.3) is 0 Å². The van der Waals surface area contributed by atoms with E-state index in [0.717, 1.165) is 24.1 Å². The van der Waals surface area contributed by atoms with Crippen molar-refractivity contribution in [3.8, 4) is 0 Å². The van der Waals surface area contributed by atoms with Gasteiger partial charge in [-0.05, 0) is 31.9 Å². The first-order valence-corrected chi connectivity index (χ1v) is 6.76. The molecule has 0 aromatic heterocycles. The lowest BCUT2D eigenvalue weighted by molar-refractivity contribution is -0.135. The minimum atomic E-state index is -0.938. The molecular weight excluding hydrogens is 256 g/mol. The van der Waals surface area contributed by atoms with Crippen molar-refractivity contribution < 1.29 is 14.7 Å². The minimum absolute atomic E-state index is 0.0330. The van der Waals surface area contributed by atoms with Gasteiger partial charge < -0.3 is 14.9 Å². The highest BCUT2D eigenvalue weighted by Crippen LogP contribution is 2.25. The van der Waals surface area contributed by atoms with Crippen molar-refractivity contribution in [1.82, 2.24) is 4.90 Å². The molecule has 0 spiro atoms. The van der Waals surface area contributed by atoms with Gasteiger partial charge in [-0.3, -0.25) is 9.59 Å². The molecule has 1 N–H and O–H groups in total. The number of carboxylic acid groups (broad SMARTS) is 1. The first-order valence-electron chi connectivity index (χ1n) is 6.76. The quantitative estimate of drug-likeness (QED) is 0.855. The van der Waals surface area contributed by atoms with Crippen LogP contribution < -0.4 is 4.90 Å². The second kappa shape index (κ2) is 5.94. The second-order valence-corrected chi connectivity index (χ2v) is 5.32. The summed E-state index contributed by atoms with van der Waals surface area (Å²) in [7, 11) is 1.79. The predicted molar refractivity (Wildman–Crippen MR) is 76.8 cm³/mol. The molecule has 1 saturated carbocycles. The summed E-state index contributed by atoms with van der Waals surface area (Å²) >= 11 is 0. The number of amides is 1. The number of carboxylic acids is 1. The van der Waals surface area contributed by atoms with Gasteiger partial charge >= 0.3 is 5.97 Å². The van der Waals surface area contributed by atoms with Gasteiger partial charge in [0, 0.05) is 18.8 Å². The summed E-state index contributed by atoms with van der Waals surface area (Å²) in [6, 6.07) is 7.87. The van der Waals surface area contributed by atoms with Crippen molar-refractivity contribution in [3.63, 3.8) is 0 Å². The zero-order valence-electron chi connectivity index (χ0n) is 11.9. The van der Waals surface area contributed by atoms with Crippen LogP contribution in [0.1, 0.15) is 18.4 Å². The van der Waals surface area contributed by atoms with Gasteiger partial charge in [-0.25, -0.2) is 0 Å². The van der Waals surface area contributed by atoms with Crippen LogP contribution in [0.5, 0.6) is 0 Å². The van der Waals surface area contributed by atoms with Gasteiger partial charge in [-0.1, -0.05) is 17.7 Å². The molecular formula is C15H20N2O3. The molecule has 108 valence electrons. The molecule has 2 rings (SSSR count). The smallest absolute Gasteiger partial charge is 0.323 e. The third kappa shape index (κ3) is 3.73. The van der Waals surface area contributed by atoms with Crippen LogP contribution in [0, 0.1) is 6.92 Å². The topological polar surface area (TPSA) is 60.9 Å². The lowest BCUT2D eigenvalue weighted by Crippen LogP contribution is -2.41. The normalized spacial score (nSPS) is 13.9. The Bertz CT molecular complexity index is 494. The third-order valence-corrected chi connectivity index (χ3v) is 3.54. The molecule has 0 unspecified atom stereocenters. The number of benzene rings is 1. The van der Waals surface area contributed by atoms with E-state index in [1.807, 2.05) is 31.2 Å². The highest BCUT2D eigenvalue weighted by molar-refractivity contribution is 5.84. The van der Waals surface area contributed by atoms with Crippen molar-refractivity contribution in [1.29, 1.82) is 0 Å². The molecule has 1 aliphatic carbocycles. The Kier molecular flexibility index (Phi) is 4.27. The van der Waals surface area contributed by atoms with Gasteiger partial charge in [0.1, 0.15) is 6.54 Å². The van der Waals surface area contributed by atoms with Crippen molar-refractivity contribution in [2.45, 2.75) is 25.8 Å². The molecule has 1 aliphatic rings. The summed E-state index contributed by atoms with van der Waals surface area (Å²) in [4.78, 5) is 26.5. The predicted octanol–water partition coefficient (Wildman–Crippen LogP) is 1.51. The number of rotatable bonds is 6. The van der Waals surface area contributed by atoms with E-state index < -0.39 is 5.97 Å². The number of aliphatic carboxylic acids is 1. The number of hydrogen-bond acceptors (Lipinski definition) is 3. The fourth-order valence-electron chi connectivity index (χ4n) is 2.10. The first kappa shape index (κ1) is 14.4. The fraction of sp³-hybridized carbons (Fsp3) is 0.467. The number of nitrogens with zero attached hydrogens (tertiary/aromatic N) is 2. The zero-order chi connectivity index (χ0) is 14.7. The molecule has 0 atom stereocenters. The van der Waals surface area contributed by atoms with E-state index in [0.29, 0.717) is 6.04 Å². The molecule has 0 saturated heterocycles. The number of hydrogen-bond donors (Lipinski definition) is 1. The number of anilines is 1. The Labute approximate surface area is 118 Å². The summed E-state index contributed by atoms with van der Waals surface area (Å²) in [5.41, 5.74) is 1.86. The number of likely N-dealkylation sites (N-methyl/N-ethyl adjacent to an activating group) is 1.